The summed E-state index contributed by atoms with van der Waals surface area (Å²) in [6, 6.07) is 0. The maximum Gasteiger partial charge on any atom is 0.155 e. The van der Waals surface area contributed by atoms with Crippen molar-refractivity contribution in [3.05, 3.63) is 4.91 Å². The highest BCUT2D eigenvalue weighted by Crippen LogP contribution is 1.76. The van der Waals surface area contributed by atoms with E-state index >= 15 is 0 Å². The van der Waals surface area contributed by atoms with Crippen molar-refractivity contribution >= 4 is 0 Å². The standard InChI is InChI=1S/C4H9NO4/c6-1-2-8-3-4-9-5-7/h6H,1-4H2. The second-order valence-corrected chi connectivity index (χ2v) is 1.24. The monoisotopic (exact) mass is 135 g/mol. The molecule has 0 aromatic rings. The van der Waals surface area contributed by atoms with E-state index in [0.29, 0.717) is 0 Å². The van der Waals surface area contributed by atoms with Gasteiger partial charge in [0.1, 0.15) is 6.61 Å². The second kappa shape index (κ2) is 7.32. The van der Waals surface area contributed by atoms with Crippen molar-refractivity contribution in [2.45, 2.75) is 0 Å². The van der Waals surface area contributed by atoms with E-state index in [4.69, 9.17) is 9.84 Å². The van der Waals surface area contributed by atoms with Crippen molar-refractivity contribution < 1.29 is 14.7 Å². The molecule has 0 atom stereocenters. The molecule has 0 spiro atoms. The van der Waals surface area contributed by atoms with Crippen LogP contribution in [0.2, 0.25) is 0 Å². The second-order valence-electron chi connectivity index (χ2n) is 1.24. The van der Waals surface area contributed by atoms with Crippen LogP contribution in [0, 0.1) is 4.91 Å². The van der Waals surface area contributed by atoms with Crippen LogP contribution in [0.4, 0.5) is 0 Å². The van der Waals surface area contributed by atoms with Gasteiger partial charge in [0.05, 0.1) is 19.8 Å². The van der Waals surface area contributed by atoms with Gasteiger partial charge in [0.25, 0.3) is 0 Å². The number of hydrogen-bond acceptors (Lipinski definition) is 5. The quantitative estimate of drug-likeness (QED) is 0.308. The van der Waals surface area contributed by atoms with Gasteiger partial charge in [-0.2, -0.15) is 0 Å². The summed E-state index contributed by atoms with van der Waals surface area (Å²) in [7, 11) is 0. The summed E-state index contributed by atoms with van der Waals surface area (Å²) in [5.74, 6) is 0. The molecule has 54 valence electrons. The molecule has 5 nitrogen and oxygen atoms in total. The Morgan fingerprint density at radius 3 is 2.67 bits per heavy atom. The summed E-state index contributed by atoms with van der Waals surface area (Å²) in [6.07, 6.45) is 0. The fourth-order valence-electron chi connectivity index (χ4n) is 0.300. The van der Waals surface area contributed by atoms with Crippen molar-refractivity contribution in [3.8, 4) is 0 Å². The molecule has 0 unspecified atom stereocenters. The molecule has 0 fully saturated rings. The van der Waals surface area contributed by atoms with Crippen LogP contribution >= 0.6 is 0 Å². The Kier molecular flexibility index (Phi) is 6.77. The zero-order chi connectivity index (χ0) is 6.95. The SMILES string of the molecule is O=NOCCOCCO. The van der Waals surface area contributed by atoms with Crippen LogP contribution in [0.15, 0.2) is 5.34 Å². The molecule has 0 rings (SSSR count). The number of rotatable bonds is 6. The van der Waals surface area contributed by atoms with Gasteiger partial charge in [-0.1, -0.05) is 0 Å². The minimum atomic E-state index is -0.0193. The van der Waals surface area contributed by atoms with E-state index in [0.717, 1.165) is 0 Å². The molecule has 0 aliphatic carbocycles. The first-order valence-corrected chi connectivity index (χ1v) is 2.55. The minimum Gasteiger partial charge on any atom is -0.394 e. The lowest BCUT2D eigenvalue weighted by Crippen LogP contribution is -2.04. The van der Waals surface area contributed by atoms with E-state index in [1.807, 2.05) is 0 Å². The third-order valence-electron chi connectivity index (χ3n) is 0.607. The molecule has 0 aliphatic rings. The van der Waals surface area contributed by atoms with Gasteiger partial charge in [-0.05, 0) is 0 Å². The largest absolute Gasteiger partial charge is 0.394 e. The summed E-state index contributed by atoms with van der Waals surface area (Å²) in [6.45, 7) is 0.673. The molecule has 0 amide bonds. The zero-order valence-electron chi connectivity index (χ0n) is 4.95. The molecule has 9 heavy (non-hydrogen) atoms. The van der Waals surface area contributed by atoms with Crippen LogP contribution in [0.1, 0.15) is 0 Å². The van der Waals surface area contributed by atoms with E-state index < -0.39 is 0 Å². The molecular weight excluding hydrogens is 126 g/mol. The van der Waals surface area contributed by atoms with Crippen molar-refractivity contribution in [2.75, 3.05) is 26.4 Å². The van der Waals surface area contributed by atoms with E-state index in [2.05, 4.69) is 10.2 Å². The van der Waals surface area contributed by atoms with Gasteiger partial charge in [-0.15, -0.1) is 4.91 Å². The summed E-state index contributed by atoms with van der Waals surface area (Å²) in [5, 5.41) is 10.3. The number of ether oxygens (including phenoxy) is 1. The Bertz CT molecular complexity index is 67.6. The maximum absolute atomic E-state index is 9.26. The van der Waals surface area contributed by atoms with Crippen molar-refractivity contribution in [3.63, 3.8) is 0 Å². The van der Waals surface area contributed by atoms with Crippen molar-refractivity contribution in [1.29, 1.82) is 0 Å². The molecule has 0 saturated heterocycles. The highest BCUT2D eigenvalue weighted by Gasteiger charge is 1.85. The van der Waals surface area contributed by atoms with Crippen LogP contribution in [-0.4, -0.2) is 31.5 Å². The average Bonchev–Trinajstić information content (AvgIpc) is 1.89. The maximum atomic E-state index is 9.26. The third-order valence-corrected chi connectivity index (χ3v) is 0.607. The van der Waals surface area contributed by atoms with Gasteiger partial charge in [0, 0.05) is 0 Å². The molecule has 5 heteroatoms. The topological polar surface area (TPSA) is 68.1 Å². The molecule has 0 aliphatic heterocycles. The smallest absolute Gasteiger partial charge is 0.155 e. The Morgan fingerprint density at radius 2 is 2.11 bits per heavy atom. The number of aliphatic hydroxyl groups is 1. The lowest BCUT2D eigenvalue weighted by Gasteiger charge is -1.97. The highest BCUT2D eigenvalue weighted by atomic mass is 16.7. The Morgan fingerprint density at radius 1 is 1.33 bits per heavy atom. The molecule has 0 radical (unpaired) electrons. The van der Waals surface area contributed by atoms with Crippen molar-refractivity contribution in [2.24, 2.45) is 5.34 Å². The zero-order valence-corrected chi connectivity index (χ0v) is 4.95. The van der Waals surface area contributed by atoms with E-state index in [1.165, 1.54) is 0 Å². The van der Waals surface area contributed by atoms with Crippen LogP contribution in [0.3, 0.4) is 0 Å². The first kappa shape index (κ1) is 8.32. The fraction of sp³-hybridized carbons (Fsp3) is 1.00. The van der Waals surface area contributed by atoms with Crippen molar-refractivity contribution in [1.82, 2.24) is 0 Å². The highest BCUT2D eigenvalue weighted by molar-refractivity contribution is 4.26. The first-order chi connectivity index (χ1) is 4.41. The molecular formula is C4H9NO4. The third kappa shape index (κ3) is 7.32. The van der Waals surface area contributed by atoms with Gasteiger partial charge >= 0.3 is 0 Å². The Hall–Kier alpha value is -0.680. The molecule has 0 bridgehead atoms. The predicted molar refractivity (Wildman–Crippen MR) is 29.7 cm³/mol. The van der Waals surface area contributed by atoms with E-state index in [9.17, 15) is 4.91 Å². The lowest BCUT2D eigenvalue weighted by atomic mass is 10.7. The van der Waals surface area contributed by atoms with Gasteiger partial charge in [-0.3, -0.25) is 0 Å². The van der Waals surface area contributed by atoms with Crippen LogP contribution in [0.25, 0.3) is 0 Å². The Labute approximate surface area is 52.5 Å². The molecule has 1 N–H and O–H groups in total. The summed E-state index contributed by atoms with van der Waals surface area (Å²) >= 11 is 0. The van der Waals surface area contributed by atoms with Crippen LogP contribution in [0.5, 0.6) is 0 Å². The molecule has 0 aromatic heterocycles. The average molecular weight is 135 g/mol. The van der Waals surface area contributed by atoms with Gasteiger partial charge in [0.2, 0.25) is 0 Å². The summed E-state index contributed by atoms with van der Waals surface area (Å²) < 4.78 is 4.71. The number of hydrogen-bond donors (Lipinski definition) is 1. The molecule has 0 heterocycles. The van der Waals surface area contributed by atoms with Crippen LogP contribution in [-0.2, 0) is 9.57 Å². The molecule has 0 saturated carbocycles. The predicted octanol–water partition coefficient (Wildman–Crippen LogP) is -0.307. The number of aliphatic hydroxyl groups excluding tert-OH is 1. The number of nitrogens with zero attached hydrogens (tertiary/aromatic N) is 1. The summed E-state index contributed by atoms with van der Waals surface area (Å²) in [4.78, 5) is 13.3. The lowest BCUT2D eigenvalue weighted by molar-refractivity contribution is 0.0338. The Balaban J connectivity index is 2.66. The van der Waals surface area contributed by atoms with E-state index in [-0.39, 0.29) is 26.4 Å². The first-order valence-electron chi connectivity index (χ1n) is 2.55. The van der Waals surface area contributed by atoms with Gasteiger partial charge in [0.15, 0.2) is 5.34 Å². The normalized spacial score (nSPS) is 9.00. The van der Waals surface area contributed by atoms with Gasteiger partial charge in [-0.25, -0.2) is 0 Å². The molecule has 0 aromatic carbocycles. The van der Waals surface area contributed by atoms with Gasteiger partial charge < -0.3 is 14.7 Å². The fourth-order valence-corrected chi connectivity index (χ4v) is 0.300. The minimum absolute atomic E-state index is 0.0193. The van der Waals surface area contributed by atoms with Crippen LogP contribution < -0.4 is 0 Å². The van der Waals surface area contributed by atoms with E-state index in [1.54, 1.807) is 0 Å². The summed E-state index contributed by atoms with van der Waals surface area (Å²) in [5.41, 5.74) is 0.